The fourth-order valence-electron chi connectivity index (χ4n) is 1.95. The van der Waals surface area contributed by atoms with Gasteiger partial charge >= 0.3 is 11.6 Å². The van der Waals surface area contributed by atoms with E-state index in [0.29, 0.717) is 12.5 Å². The molecular formula is C14H12BrN4O+. The molecule has 0 aliphatic heterocycles. The Bertz CT molecular complexity index is 779. The molecule has 2 heterocycles. The molecule has 1 aromatic carbocycles. The molecule has 20 heavy (non-hydrogen) atoms. The van der Waals surface area contributed by atoms with Crippen molar-refractivity contribution in [2.24, 2.45) is 0 Å². The molecule has 3 rings (SSSR count). The third-order valence-corrected chi connectivity index (χ3v) is 3.74. The molecule has 0 amide bonds. The summed E-state index contributed by atoms with van der Waals surface area (Å²) in [6.07, 6.45) is 6.84. The van der Waals surface area contributed by atoms with Crippen molar-refractivity contribution in [3.8, 4) is 5.95 Å². The van der Waals surface area contributed by atoms with E-state index in [1.54, 1.807) is 35.4 Å². The number of benzene rings is 1. The average Bonchev–Trinajstić information content (AvgIpc) is 2.84. The van der Waals surface area contributed by atoms with Crippen LogP contribution in [0.2, 0.25) is 0 Å². The molecule has 0 aliphatic rings. The third-order valence-electron chi connectivity index (χ3n) is 2.97. The highest BCUT2D eigenvalue weighted by Crippen LogP contribution is 2.16. The summed E-state index contributed by atoms with van der Waals surface area (Å²) in [7, 11) is 0. The summed E-state index contributed by atoms with van der Waals surface area (Å²) in [6.45, 7) is 0.514. The number of imidazole rings is 1. The minimum absolute atomic E-state index is 0.129. The molecule has 0 saturated heterocycles. The van der Waals surface area contributed by atoms with Gasteiger partial charge in [0.15, 0.2) is 0 Å². The maximum Gasteiger partial charge on any atom is 0.404 e. The van der Waals surface area contributed by atoms with Gasteiger partial charge in [0.2, 0.25) is 0 Å². The van der Waals surface area contributed by atoms with E-state index in [9.17, 15) is 4.79 Å². The Kier molecular flexibility index (Phi) is 3.47. The summed E-state index contributed by atoms with van der Waals surface area (Å²) in [6, 6.07) is 9.62. The van der Waals surface area contributed by atoms with Crippen molar-refractivity contribution in [3.63, 3.8) is 0 Å². The van der Waals surface area contributed by atoms with Crippen LogP contribution in [-0.2, 0) is 6.54 Å². The largest absolute Gasteiger partial charge is 0.404 e. The Morgan fingerprint density at radius 3 is 2.80 bits per heavy atom. The van der Waals surface area contributed by atoms with Gasteiger partial charge in [-0.1, -0.05) is 39.1 Å². The van der Waals surface area contributed by atoms with Crippen LogP contribution in [0.1, 0.15) is 5.56 Å². The van der Waals surface area contributed by atoms with Gasteiger partial charge < -0.3 is 0 Å². The summed E-state index contributed by atoms with van der Waals surface area (Å²) >= 11 is 3.49. The van der Waals surface area contributed by atoms with Gasteiger partial charge in [0.1, 0.15) is 6.20 Å². The maximum atomic E-state index is 12.3. The Morgan fingerprint density at radius 1 is 1.20 bits per heavy atom. The van der Waals surface area contributed by atoms with Crippen LogP contribution in [0.4, 0.5) is 0 Å². The first-order chi connectivity index (χ1) is 9.75. The van der Waals surface area contributed by atoms with Crippen LogP contribution >= 0.6 is 15.9 Å². The number of halogens is 1. The Balaban J connectivity index is 1.96. The number of H-pyrrole nitrogens is 1. The van der Waals surface area contributed by atoms with E-state index in [0.717, 1.165) is 10.0 Å². The molecule has 2 aromatic heterocycles. The molecular weight excluding hydrogens is 320 g/mol. The highest BCUT2D eigenvalue weighted by Gasteiger charge is 2.14. The molecule has 3 aromatic rings. The Hall–Kier alpha value is -2.21. The second-order valence-electron chi connectivity index (χ2n) is 4.28. The number of hydrogen-bond acceptors (Lipinski definition) is 2. The fraction of sp³-hybridized carbons (Fsp3) is 0.0714. The molecule has 0 unspecified atom stereocenters. The van der Waals surface area contributed by atoms with Crippen LogP contribution in [-0.4, -0.2) is 14.1 Å². The first-order valence-electron chi connectivity index (χ1n) is 6.10. The topological polar surface area (TPSA) is 54.0 Å². The van der Waals surface area contributed by atoms with Gasteiger partial charge in [0.25, 0.3) is 0 Å². The quantitative estimate of drug-likeness (QED) is 0.732. The third kappa shape index (κ3) is 2.42. The number of aromatic nitrogens is 4. The molecule has 0 bridgehead atoms. The lowest BCUT2D eigenvalue weighted by molar-refractivity contribution is -0.378. The van der Waals surface area contributed by atoms with E-state index >= 15 is 0 Å². The van der Waals surface area contributed by atoms with Gasteiger partial charge in [-0.3, -0.25) is 4.57 Å². The van der Waals surface area contributed by atoms with Crippen LogP contribution in [0.5, 0.6) is 0 Å². The zero-order chi connectivity index (χ0) is 13.9. The number of hydrogen-bond donors (Lipinski definition) is 0. The van der Waals surface area contributed by atoms with Gasteiger partial charge in [0.05, 0.1) is 18.9 Å². The zero-order valence-electron chi connectivity index (χ0n) is 10.5. The number of rotatable bonds is 3. The van der Waals surface area contributed by atoms with Crippen LogP contribution < -0.4 is 10.7 Å². The van der Waals surface area contributed by atoms with Gasteiger partial charge in [-0.25, -0.2) is 9.78 Å². The summed E-state index contributed by atoms with van der Waals surface area (Å²) < 4.78 is 4.11. The Labute approximate surface area is 123 Å². The molecule has 0 spiro atoms. The van der Waals surface area contributed by atoms with Crippen molar-refractivity contribution in [2.75, 3.05) is 0 Å². The highest BCUT2D eigenvalue weighted by molar-refractivity contribution is 9.10. The lowest BCUT2D eigenvalue weighted by atomic mass is 10.2. The molecule has 5 nitrogen and oxygen atoms in total. The minimum Gasteiger partial charge on any atom is -0.280 e. The summed E-state index contributed by atoms with van der Waals surface area (Å²) in [5, 5.41) is 0. The van der Waals surface area contributed by atoms with Crippen molar-refractivity contribution in [1.29, 1.82) is 0 Å². The molecule has 1 N–H and O–H groups in total. The lowest BCUT2D eigenvalue weighted by Crippen LogP contribution is -2.28. The van der Waals surface area contributed by atoms with Gasteiger partial charge in [-0.15, -0.1) is 4.57 Å². The first kappa shape index (κ1) is 12.8. The normalized spacial score (nSPS) is 10.7. The second-order valence-corrected chi connectivity index (χ2v) is 5.13. The monoisotopic (exact) mass is 331 g/mol. The molecule has 0 saturated carbocycles. The van der Waals surface area contributed by atoms with Gasteiger partial charge in [-0.2, -0.15) is 0 Å². The molecule has 0 atom stereocenters. The smallest absolute Gasteiger partial charge is 0.280 e. The number of nitrogens with zero attached hydrogens (tertiary/aromatic N) is 3. The van der Waals surface area contributed by atoms with Crippen molar-refractivity contribution in [3.05, 3.63) is 75.6 Å². The van der Waals surface area contributed by atoms with Crippen LogP contribution in [0.3, 0.4) is 0 Å². The van der Waals surface area contributed by atoms with Crippen LogP contribution in [0, 0.1) is 0 Å². The van der Waals surface area contributed by atoms with Crippen LogP contribution in [0.25, 0.3) is 5.95 Å². The Morgan fingerprint density at radius 2 is 2.05 bits per heavy atom. The standard InChI is InChI=1S/C14H11BrN4O/c15-12-5-2-1-4-11(12)10-18-8-9-19(14(18)20)13-16-6-3-7-17-13/h1-9H,10H2/p+1. The van der Waals surface area contributed by atoms with Crippen molar-refractivity contribution < 1.29 is 4.98 Å². The van der Waals surface area contributed by atoms with Gasteiger partial charge in [0, 0.05) is 16.7 Å². The van der Waals surface area contributed by atoms with Crippen molar-refractivity contribution in [2.45, 2.75) is 6.54 Å². The molecule has 0 aliphatic carbocycles. The molecule has 6 heteroatoms. The van der Waals surface area contributed by atoms with E-state index in [-0.39, 0.29) is 5.69 Å². The van der Waals surface area contributed by atoms with E-state index in [4.69, 9.17) is 0 Å². The predicted molar refractivity (Wildman–Crippen MR) is 77.6 cm³/mol. The number of nitrogens with one attached hydrogen (secondary N) is 1. The highest BCUT2D eigenvalue weighted by atomic mass is 79.9. The SMILES string of the molecule is O=c1n(Cc2ccccc2Br)ccn1-c1nccc[nH+]1. The van der Waals surface area contributed by atoms with E-state index < -0.39 is 0 Å². The summed E-state index contributed by atoms with van der Waals surface area (Å²) in [5.74, 6) is 0.503. The minimum atomic E-state index is -0.129. The van der Waals surface area contributed by atoms with E-state index in [1.807, 2.05) is 24.3 Å². The van der Waals surface area contributed by atoms with Crippen LogP contribution in [0.15, 0.2) is 64.4 Å². The second kappa shape index (κ2) is 5.42. The zero-order valence-corrected chi connectivity index (χ0v) is 12.1. The first-order valence-corrected chi connectivity index (χ1v) is 6.89. The fourth-order valence-corrected chi connectivity index (χ4v) is 2.36. The predicted octanol–water partition coefficient (Wildman–Crippen LogP) is 1.66. The lowest BCUT2D eigenvalue weighted by Gasteiger charge is -2.03. The average molecular weight is 332 g/mol. The van der Waals surface area contributed by atoms with E-state index in [1.165, 1.54) is 4.57 Å². The van der Waals surface area contributed by atoms with E-state index in [2.05, 4.69) is 25.9 Å². The summed E-state index contributed by atoms with van der Waals surface area (Å²) in [4.78, 5) is 19.4. The number of aromatic amines is 1. The molecule has 100 valence electrons. The van der Waals surface area contributed by atoms with Crippen molar-refractivity contribution in [1.82, 2.24) is 14.1 Å². The summed E-state index contributed by atoms with van der Waals surface area (Å²) in [5.41, 5.74) is 0.924. The van der Waals surface area contributed by atoms with Crippen molar-refractivity contribution >= 4 is 15.9 Å². The van der Waals surface area contributed by atoms with Gasteiger partial charge in [-0.05, 0) is 11.6 Å². The molecule has 0 radical (unpaired) electrons. The maximum absolute atomic E-state index is 12.3. The molecule has 0 fully saturated rings.